The third kappa shape index (κ3) is 4.99. The van der Waals surface area contributed by atoms with Crippen LogP contribution in [0, 0.1) is 0 Å². The van der Waals surface area contributed by atoms with Crippen LogP contribution in [-0.4, -0.2) is 32.9 Å². The number of carbonyl (C=O) groups is 1. The summed E-state index contributed by atoms with van der Waals surface area (Å²) in [7, 11) is 0. The lowest BCUT2D eigenvalue weighted by Crippen LogP contribution is -2.22. The maximum absolute atomic E-state index is 12.3. The maximum Gasteiger partial charge on any atom is 0.277 e. The number of nitrogens with zero attached hydrogens (tertiary/aromatic N) is 3. The van der Waals surface area contributed by atoms with Crippen LogP contribution < -0.4 is 10.1 Å². The quantitative estimate of drug-likeness (QED) is 0.463. The van der Waals surface area contributed by atoms with Gasteiger partial charge in [0.05, 0.1) is 17.5 Å². The van der Waals surface area contributed by atoms with Crippen molar-refractivity contribution in [3.05, 3.63) is 47.7 Å². The van der Waals surface area contributed by atoms with E-state index in [1.54, 1.807) is 25.3 Å². The summed E-state index contributed by atoms with van der Waals surface area (Å²) >= 11 is 7.12. The first-order chi connectivity index (χ1) is 13.1. The SMILES string of the molecule is CCOc1ccc(-c2nnc(S[C@H](C)C(=O)Nc3cccnc3Cl)o2)cc1. The van der Waals surface area contributed by atoms with E-state index in [0.717, 1.165) is 23.1 Å². The molecule has 0 spiro atoms. The van der Waals surface area contributed by atoms with Gasteiger partial charge in [-0.3, -0.25) is 4.79 Å². The van der Waals surface area contributed by atoms with Crippen molar-refractivity contribution in [3.63, 3.8) is 0 Å². The highest BCUT2D eigenvalue weighted by Crippen LogP contribution is 2.28. The second-order valence-electron chi connectivity index (χ2n) is 5.42. The summed E-state index contributed by atoms with van der Waals surface area (Å²) < 4.78 is 11.1. The minimum atomic E-state index is -0.463. The molecule has 9 heteroatoms. The number of benzene rings is 1. The Labute approximate surface area is 165 Å². The van der Waals surface area contributed by atoms with Gasteiger partial charge in [0, 0.05) is 11.8 Å². The van der Waals surface area contributed by atoms with Crippen LogP contribution in [0.3, 0.4) is 0 Å². The molecule has 3 rings (SSSR count). The summed E-state index contributed by atoms with van der Waals surface area (Å²) in [6.07, 6.45) is 1.55. The van der Waals surface area contributed by atoms with Crippen LogP contribution in [0.25, 0.3) is 11.5 Å². The minimum absolute atomic E-state index is 0.235. The molecule has 1 aromatic carbocycles. The number of hydrogen-bond acceptors (Lipinski definition) is 7. The molecule has 0 fully saturated rings. The Balaban J connectivity index is 1.62. The number of carbonyl (C=O) groups excluding carboxylic acids is 1. The number of ether oxygens (including phenoxy) is 1. The fourth-order valence-corrected chi connectivity index (χ4v) is 3.00. The number of aromatic nitrogens is 3. The molecule has 1 N–H and O–H groups in total. The molecule has 3 aromatic rings. The van der Waals surface area contributed by atoms with Gasteiger partial charge in [-0.05, 0) is 50.2 Å². The smallest absolute Gasteiger partial charge is 0.277 e. The van der Waals surface area contributed by atoms with E-state index in [4.69, 9.17) is 20.8 Å². The Hall–Kier alpha value is -2.58. The van der Waals surface area contributed by atoms with Crippen molar-refractivity contribution in [2.45, 2.75) is 24.3 Å². The molecular weight excluding hydrogens is 388 g/mol. The van der Waals surface area contributed by atoms with Crippen molar-refractivity contribution < 1.29 is 13.9 Å². The Morgan fingerprint density at radius 2 is 2.07 bits per heavy atom. The number of halogens is 1. The van der Waals surface area contributed by atoms with E-state index in [1.165, 1.54) is 0 Å². The van der Waals surface area contributed by atoms with Crippen molar-refractivity contribution in [2.75, 3.05) is 11.9 Å². The van der Waals surface area contributed by atoms with E-state index in [1.807, 2.05) is 31.2 Å². The Morgan fingerprint density at radius 3 is 2.78 bits per heavy atom. The standard InChI is InChI=1S/C18H17ClN4O3S/c1-3-25-13-8-6-12(7-9-13)17-22-23-18(26-17)27-11(2)16(24)21-14-5-4-10-20-15(14)19/h4-11H,3H2,1-2H3,(H,21,24)/t11-/m1/s1. The average molecular weight is 405 g/mol. The van der Waals surface area contributed by atoms with Gasteiger partial charge >= 0.3 is 0 Å². The predicted molar refractivity (Wildman–Crippen MR) is 104 cm³/mol. The molecule has 0 radical (unpaired) electrons. The van der Waals surface area contributed by atoms with Gasteiger partial charge in [-0.2, -0.15) is 0 Å². The summed E-state index contributed by atoms with van der Waals surface area (Å²) in [6, 6.07) is 10.7. The van der Waals surface area contributed by atoms with Crippen LogP contribution in [0.2, 0.25) is 5.15 Å². The van der Waals surface area contributed by atoms with E-state index in [9.17, 15) is 4.79 Å². The number of nitrogens with one attached hydrogen (secondary N) is 1. The maximum atomic E-state index is 12.3. The molecular formula is C18H17ClN4O3S. The van der Waals surface area contributed by atoms with Gasteiger partial charge in [-0.15, -0.1) is 10.2 Å². The monoisotopic (exact) mass is 404 g/mol. The van der Waals surface area contributed by atoms with E-state index in [-0.39, 0.29) is 11.1 Å². The van der Waals surface area contributed by atoms with Crippen molar-refractivity contribution in [1.29, 1.82) is 0 Å². The van der Waals surface area contributed by atoms with E-state index in [2.05, 4.69) is 20.5 Å². The highest BCUT2D eigenvalue weighted by Gasteiger charge is 2.19. The third-order valence-corrected chi connectivity index (χ3v) is 4.72. The van der Waals surface area contributed by atoms with Crippen molar-refractivity contribution in [1.82, 2.24) is 15.2 Å². The summed E-state index contributed by atoms with van der Waals surface area (Å²) in [5, 5.41) is 10.8. The first kappa shape index (κ1) is 19.2. The molecule has 140 valence electrons. The zero-order valence-electron chi connectivity index (χ0n) is 14.7. The molecule has 7 nitrogen and oxygen atoms in total. The number of pyridine rings is 1. The van der Waals surface area contributed by atoms with Gasteiger partial charge in [-0.1, -0.05) is 23.4 Å². The summed E-state index contributed by atoms with van der Waals surface area (Å²) in [4.78, 5) is 16.2. The zero-order chi connectivity index (χ0) is 19.2. The van der Waals surface area contributed by atoms with Gasteiger partial charge in [0.25, 0.3) is 5.22 Å². The molecule has 2 aromatic heterocycles. The van der Waals surface area contributed by atoms with Gasteiger partial charge in [0.2, 0.25) is 11.8 Å². The molecule has 1 amide bonds. The average Bonchev–Trinajstić information content (AvgIpc) is 3.13. The van der Waals surface area contributed by atoms with E-state index < -0.39 is 5.25 Å². The van der Waals surface area contributed by atoms with Gasteiger partial charge < -0.3 is 14.5 Å². The first-order valence-corrected chi connectivity index (χ1v) is 9.47. The number of rotatable bonds is 7. The highest BCUT2D eigenvalue weighted by atomic mass is 35.5. The zero-order valence-corrected chi connectivity index (χ0v) is 16.3. The predicted octanol–water partition coefficient (Wildman–Crippen LogP) is 4.30. The Morgan fingerprint density at radius 1 is 1.30 bits per heavy atom. The molecule has 0 unspecified atom stereocenters. The minimum Gasteiger partial charge on any atom is -0.494 e. The molecule has 1 atom stereocenters. The summed E-state index contributed by atoms with van der Waals surface area (Å²) in [6.45, 7) is 4.27. The summed E-state index contributed by atoms with van der Waals surface area (Å²) in [5.41, 5.74) is 1.23. The Bertz CT molecular complexity index is 917. The number of anilines is 1. The molecule has 27 heavy (non-hydrogen) atoms. The van der Waals surface area contributed by atoms with Gasteiger partial charge in [0.15, 0.2) is 5.15 Å². The number of thioether (sulfide) groups is 1. The lowest BCUT2D eigenvalue weighted by Gasteiger charge is -2.10. The van der Waals surface area contributed by atoms with E-state index >= 15 is 0 Å². The molecule has 0 bridgehead atoms. The molecule has 0 aliphatic carbocycles. The van der Waals surface area contributed by atoms with Crippen molar-refractivity contribution in [3.8, 4) is 17.2 Å². The van der Waals surface area contributed by atoms with Crippen LogP contribution in [0.15, 0.2) is 52.2 Å². The highest BCUT2D eigenvalue weighted by molar-refractivity contribution is 8.00. The van der Waals surface area contributed by atoms with Crippen molar-refractivity contribution >= 4 is 35.0 Å². The van der Waals surface area contributed by atoms with Crippen LogP contribution in [-0.2, 0) is 4.79 Å². The molecule has 0 saturated carbocycles. The van der Waals surface area contributed by atoms with E-state index in [0.29, 0.717) is 23.4 Å². The van der Waals surface area contributed by atoms with Crippen LogP contribution in [0.5, 0.6) is 5.75 Å². The fraction of sp³-hybridized carbons (Fsp3) is 0.222. The lowest BCUT2D eigenvalue weighted by molar-refractivity contribution is -0.115. The second-order valence-corrected chi connectivity index (χ2v) is 7.07. The normalized spacial score (nSPS) is 11.8. The first-order valence-electron chi connectivity index (χ1n) is 8.21. The lowest BCUT2D eigenvalue weighted by atomic mass is 10.2. The number of amides is 1. The second kappa shape index (κ2) is 8.88. The molecule has 0 saturated heterocycles. The summed E-state index contributed by atoms with van der Waals surface area (Å²) in [5.74, 6) is 0.911. The number of hydrogen-bond donors (Lipinski definition) is 1. The van der Waals surface area contributed by atoms with Gasteiger partial charge in [-0.25, -0.2) is 4.98 Å². The van der Waals surface area contributed by atoms with Gasteiger partial charge in [0.1, 0.15) is 5.75 Å². The topological polar surface area (TPSA) is 90.1 Å². The fourth-order valence-electron chi connectivity index (χ4n) is 2.15. The third-order valence-electron chi connectivity index (χ3n) is 3.48. The van der Waals surface area contributed by atoms with Crippen LogP contribution >= 0.6 is 23.4 Å². The molecule has 0 aliphatic rings. The van der Waals surface area contributed by atoms with Crippen molar-refractivity contribution in [2.24, 2.45) is 0 Å². The van der Waals surface area contributed by atoms with Crippen LogP contribution in [0.1, 0.15) is 13.8 Å². The van der Waals surface area contributed by atoms with Crippen LogP contribution in [0.4, 0.5) is 5.69 Å². The Kier molecular flexibility index (Phi) is 6.31. The molecule has 2 heterocycles. The molecule has 0 aliphatic heterocycles. The largest absolute Gasteiger partial charge is 0.494 e.